The van der Waals surface area contributed by atoms with Crippen molar-refractivity contribution in [3.05, 3.63) is 42.0 Å². The van der Waals surface area contributed by atoms with Gasteiger partial charge in [0.2, 0.25) is 5.91 Å². The maximum atomic E-state index is 11.6. The van der Waals surface area contributed by atoms with E-state index in [1.165, 1.54) is 0 Å². The van der Waals surface area contributed by atoms with E-state index in [2.05, 4.69) is 17.9 Å². The van der Waals surface area contributed by atoms with Crippen molar-refractivity contribution in [1.82, 2.24) is 4.90 Å². The molecular formula is C16H22N2O. The number of allylic oxidation sites excluding steroid dienone is 1. The first-order chi connectivity index (χ1) is 9.20. The lowest BCUT2D eigenvalue weighted by Gasteiger charge is -2.29. The lowest BCUT2D eigenvalue weighted by Crippen LogP contribution is -2.33. The number of benzene rings is 1. The molecule has 0 unspecified atom stereocenters. The minimum Gasteiger partial charge on any atom is -0.366 e. The number of nitrogens with two attached hydrogens (primary N) is 1. The van der Waals surface area contributed by atoms with Crippen molar-refractivity contribution in [2.24, 2.45) is 11.7 Å². The lowest BCUT2D eigenvalue weighted by molar-refractivity contribution is -0.112. The van der Waals surface area contributed by atoms with E-state index in [9.17, 15) is 4.79 Å². The molecule has 3 nitrogen and oxygen atoms in total. The van der Waals surface area contributed by atoms with Gasteiger partial charge in [0.1, 0.15) is 0 Å². The summed E-state index contributed by atoms with van der Waals surface area (Å²) in [5, 5.41) is 0. The van der Waals surface area contributed by atoms with Crippen molar-refractivity contribution in [2.75, 3.05) is 19.6 Å². The van der Waals surface area contributed by atoms with Gasteiger partial charge in [-0.1, -0.05) is 43.3 Å². The summed E-state index contributed by atoms with van der Waals surface area (Å²) in [6, 6.07) is 9.70. The zero-order valence-electron chi connectivity index (χ0n) is 11.5. The van der Waals surface area contributed by atoms with Crippen molar-refractivity contribution >= 4 is 11.5 Å². The molecule has 0 aliphatic carbocycles. The molecule has 0 saturated carbocycles. The molecule has 1 aromatic carbocycles. The minimum absolute atomic E-state index is 0.330. The standard InChI is InChI=1S/C16H22N2O/c1-2-18-10-8-13(9-11-18)12-15(16(17)19)14-6-4-3-5-7-14/h3-7,12-13H,2,8-11H2,1H3,(H2,17,19). The van der Waals surface area contributed by atoms with Gasteiger partial charge in [0.15, 0.2) is 0 Å². The topological polar surface area (TPSA) is 46.3 Å². The molecule has 0 radical (unpaired) electrons. The highest BCUT2D eigenvalue weighted by Gasteiger charge is 2.18. The van der Waals surface area contributed by atoms with E-state index in [1.54, 1.807) is 0 Å². The first-order valence-corrected chi connectivity index (χ1v) is 7.00. The normalized spacial score (nSPS) is 18.5. The van der Waals surface area contributed by atoms with E-state index < -0.39 is 0 Å². The first-order valence-electron chi connectivity index (χ1n) is 7.00. The molecule has 1 saturated heterocycles. The molecule has 0 bridgehead atoms. The Morgan fingerprint density at radius 2 is 1.95 bits per heavy atom. The first kappa shape index (κ1) is 13.8. The van der Waals surface area contributed by atoms with Crippen LogP contribution in [0.25, 0.3) is 5.57 Å². The van der Waals surface area contributed by atoms with Gasteiger partial charge in [0, 0.05) is 5.57 Å². The Morgan fingerprint density at radius 3 is 2.47 bits per heavy atom. The monoisotopic (exact) mass is 258 g/mol. The molecule has 0 spiro atoms. The Balaban J connectivity index is 2.12. The van der Waals surface area contributed by atoms with Gasteiger partial charge in [0.25, 0.3) is 0 Å². The molecule has 102 valence electrons. The third kappa shape index (κ3) is 3.67. The molecular weight excluding hydrogens is 236 g/mol. The number of likely N-dealkylation sites (tertiary alicyclic amines) is 1. The van der Waals surface area contributed by atoms with Crippen LogP contribution in [0.4, 0.5) is 0 Å². The van der Waals surface area contributed by atoms with Crippen molar-refractivity contribution in [2.45, 2.75) is 19.8 Å². The van der Waals surface area contributed by atoms with Gasteiger partial charge in [-0.2, -0.15) is 0 Å². The van der Waals surface area contributed by atoms with Crippen LogP contribution in [0.1, 0.15) is 25.3 Å². The smallest absolute Gasteiger partial charge is 0.248 e. The summed E-state index contributed by atoms with van der Waals surface area (Å²) in [6.45, 7) is 5.52. The van der Waals surface area contributed by atoms with Crippen LogP contribution < -0.4 is 5.73 Å². The van der Waals surface area contributed by atoms with Gasteiger partial charge in [-0.05, 0) is 44.0 Å². The average Bonchev–Trinajstić information content (AvgIpc) is 2.46. The molecule has 0 atom stereocenters. The number of carbonyl (C=O) groups is 1. The maximum Gasteiger partial charge on any atom is 0.248 e. The number of primary amides is 1. The van der Waals surface area contributed by atoms with Gasteiger partial charge in [-0.15, -0.1) is 0 Å². The second kappa shape index (κ2) is 6.53. The molecule has 1 aliphatic rings. The quantitative estimate of drug-likeness (QED) is 0.842. The molecule has 2 N–H and O–H groups in total. The van der Waals surface area contributed by atoms with E-state index in [-0.39, 0.29) is 5.91 Å². The van der Waals surface area contributed by atoms with Crippen molar-refractivity contribution in [3.63, 3.8) is 0 Å². The molecule has 1 amide bonds. The fraction of sp³-hybridized carbons (Fsp3) is 0.438. The summed E-state index contributed by atoms with van der Waals surface area (Å²) in [5.41, 5.74) is 7.11. The number of hydrogen-bond donors (Lipinski definition) is 1. The summed E-state index contributed by atoms with van der Waals surface area (Å²) < 4.78 is 0. The molecule has 1 aliphatic heterocycles. The van der Waals surface area contributed by atoms with E-state index in [0.717, 1.165) is 38.0 Å². The fourth-order valence-electron chi connectivity index (χ4n) is 2.61. The van der Waals surface area contributed by atoms with Crippen LogP contribution in [-0.4, -0.2) is 30.4 Å². The zero-order chi connectivity index (χ0) is 13.7. The Bertz CT molecular complexity index is 445. The number of piperidine rings is 1. The molecule has 1 heterocycles. The molecule has 2 rings (SSSR count). The van der Waals surface area contributed by atoms with Gasteiger partial charge in [0.05, 0.1) is 0 Å². The van der Waals surface area contributed by atoms with E-state index in [4.69, 9.17) is 5.73 Å². The van der Waals surface area contributed by atoms with Crippen molar-refractivity contribution < 1.29 is 4.79 Å². The number of amides is 1. The molecule has 1 fully saturated rings. The van der Waals surface area contributed by atoms with Crippen LogP contribution >= 0.6 is 0 Å². The number of rotatable bonds is 4. The summed E-state index contributed by atoms with van der Waals surface area (Å²) in [4.78, 5) is 14.1. The Morgan fingerprint density at radius 1 is 1.32 bits per heavy atom. The van der Waals surface area contributed by atoms with Crippen LogP contribution in [0.3, 0.4) is 0 Å². The van der Waals surface area contributed by atoms with E-state index >= 15 is 0 Å². The molecule has 1 aromatic rings. The summed E-state index contributed by atoms with van der Waals surface area (Å²) in [5.74, 6) is 0.134. The SMILES string of the molecule is CCN1CCC(C=C(C(N)=O)c2ccccc2)CC1. The highest BCUT2D eigenvalue weighted by atomic mass is 16.1. The summed E-state index contributed by atoms with van der Waals surface area (Å²) in [6.07, 6.45) is 4.29. The maximum absolute atomic E-state index is 11.6. The number of nitrogens with zero attached hydrogens (tertiary/aromatic N) is 1. The average molecular weight is 258 g/mol. The number of carbonyl (C=O) groups excluding carboxylic acids is 1. The van der Waals surface area contributed by atoms with Crippen LogP contribution in [0.5, 0.6) is 0 Å². The second-order valence-corrected chi connectivity index (χ2v) is 5.08. The zero-order valence-corrected chi connectivity index (χ0v) is 11.5. The third-order valence-corrected chi connectivity index (χ3v) is 3.83. The fourth-order valence-corrected chi connectivity index (χ4v) is 2.61. The third-order valence-electron chi connectivity index (χ3n) is 3.83. The van der Waals surface area contributed by atoms with E-state index in [0.29, 0.717) is 11.5 Å². The van der Waals surface area contributed by atoms with Gasteiger partial charge < -0.3 is 10.6 Å². The summed E-state index contributed by atoms with van der Waals surface area (Å²) in [7, 11) is 0. The van der Waals surface area contributed by atoms with Crippen LogP contribution in [-0.2, 0) is 4.79 Å². The minimum atomic E-state index is -0.330. The lowest BCUT2D eigenvalue weighted by atomic mass is 9.92. The van der Waals surface area contributed by atoms with Crippen molar-refractivity contribution in [3.8, 4) is 0 Å². The highest BCUT2D eigenvalue weighted by Crippen LogP contribution is 2.23. The Kier molecular flexibility index (Phi) is 4.74. The highest BCUT2D eigenvalue weighted by molar-refractivity contribution is 6.18. The van der Waals surface area contributed by atoms with Crippen LogP contribution in [0.15, 0.2) is 36.4 Å². The Hall–Kier alpha value is -1.61. The van der Waals surface area contributed by atoms with Crippen molar-refractivity contribution in [1.29, 1.82) is 0 Å². The largest absolute Gasteiger partial charge is 0.366 e. The second-order valence-electron chi connectivity index (χ2n) is 5.08. The van der Waals surface area contributed by atoms with Gasteiger partial charge in [-0.25, -0.2) is 0 Å². The van der Waals surface area contributed by atoms with E-state index in [1.807, 2.05) is 30.3 Å². The van der Waals surface area contributed by atoms with Gasteiger partial charge >= 0.3 is 0 Å². The Labute approximate surface area is 115 Å². The van der Waals surface area contributed by atoms with Crippen LogP contribution in [0.2, 0.25) is 0 Å². The molecule has 0 aromatic heterocycles. The van der Waals surface area contributed by atoms with Crippen LogP contribution in [0, 0.1) is 5.92 Å². The molecule has 19 heavy (non-hydrogen) atoms. The molecule has 3 heteroatoms. The summed E-state index contributed by atoms with van der Waals surface area (Å²) >= 11 is 0. The predicted molar refractivity (Wildman–Crippen MR) is 78.5 cm³/mol. The van der Waals surface area contributed by atoms with Gasteiger partial charge in [-0.3, -0.25) is 4.79 Å². The number of hydrogen-bond acceptors (Lipinski definition) is 2. The predicted octanol–water partition coefficient (Wildman–Crippen LogP) is 2.29.